The largest absolute Gasteiger partial charge is 0.468 e. The number of esters is 1. The van der Waals surface area contributed by atoms with E-state index in [-0.39, 0.29) is 12.5 Å². The number of carbonyl (C=O) groups is 1. The van der Waals surface area contributed by atoms with E-state index in [9.17, 15) is 9.18 Å². The van der Waals surface area contributed by atoms with Crippen LogP contribution < -0.4 is 0 Å². The first kappa shape index (κ1) is 15.5. The van der Waals surface area contributed by atoms with Crippen molar-refractivity contribution in [1.29, 1.82) is 5.26 Å². The molecule has 21 heavy (non-hydrogen) atoms. The standard InChI is InChI=1S/C16H19FN2O2/c1-21-16(20)11-19(15-4-2-3-5-15)10-13-6-12(9-18)7-14(17)8-13/h6-8,15H,2-5,10-11H2,1H3. The fourth-order valence-electron chi connectivity index (χ4n) is 2.85. The lowest BCUT2D eigenvalue weighted by Crippen LogP contribution is -2.37. The van der Waals surface area contributed by atoms with Gasteiger partial charge in [0.15, 0.2) is 0 Å². The number of hydrogen-bond acceptors (Lipinski definition) is 4. The third kappa shape index (κ3) is 4.27. The molecule has 112 valence electrons. The first-order valence-corrected chi connectivity index (χ1v) is 7.13. The number of nitrogens with zero attached hydrogens (tertiary/aromatic N) is 2. The predicted molar refractivity (Wildman–Crippen MR) is 75.8 cm³/mol. The fourth-order valence-corrected chi connectivity index (χ4v) is 2.85. The Morgan fingerprint density at radius 1 is 1.43 bits per heavy atom. The summed E-state index contributed by atoms with van der Waals surface area (Å²) in [7, 11) is 1.37. The van der Waals surface area contributed by atoms with Gasteiger partial charge in [-0.15, -0.1) is 0 Å². The van der Waals surface area contributed by atoms with Gasteiger partial charge in [-0.1, -0.05) is 12.8 Å². The minimum atomic E-state index is -0.423. The quantitative estimate of drug-likeness (QED) is 0.782. The Hall–Kier alpha value is -1.93. The van der Waals surface area contributed by atoms with Crippen molar-refractivity contribution >= 4 is 5.97 Å². The van der Waals surface area contributed by atoms with Gasteiger partial charge < -0.3 is 4.74 Å². The molecule has 4 nitrogen and oxygen atoms in total. The van der Waals surface area contributed by atoms with Crippen molar-refractivity contribution in [3.63, 3.8) is 0 Å². The Balaban J connectivity index is 2.15. The smallest absolute Gasteiger partial charge is 0.319 e. The molecule has 1 fully saturated rings. The zero-order valence-electron chi connectivity index (χ0n) is 12.1. The van der Waals surface area contributed by atoms with E-state index < -0.39 is 5.82 Å². The highest BCUT2D eigenvalue weighted by Crippen LogP contribution is 2.25. The number of carbonyl (C=O) groups excluding carboxylic acids is 1. The molecule has 1 aliphatic rings. The van der Waals surface area contributed by atoms with Crippen LogP contribution in [-0.4, -0.2) is 30.6 Å². The molecule has 5 heteroatoms. The number of benzene rings is 1. The zero-order chi connectivity index (χ0) is 15.2. The topological polar surface area (TPSA) is 53.3 Å². The molecule has 0 aromatic heterocycles. The fraction of sp³-hybridized carbons (Fsp3) is 0.500. The van der Waals surface area contributed by atoms with E-state index in [1.54, 1.807) is 6.07 Å². The summed E-state index contributed by atoms with van der Waals surface area (Å²) in [5, 5.41) is 8.91. The van der Waals surface area contributed by atoms with Gasteiger partial charge in [0, 0.05) is 12.6 Å². The maximum absolute atomic E-state index is 13.5. The number of rotatable bonds is 5. The number of halogens is 1. The van der Waals surface area contributed by atoms with E-state index in [2.05, 4.69) is 0 Å². The minimum absolute atomic E-state index is 0.194. The van der Waals surface area contributed by atoms with Crippen LogP contribution in [0.1, 0.15) is 36.8 Å². The third-order valence-corrected chi connectivity index (χ3v) is 3.87. The molecule has 0 saturated heterocycles. The second kappa shape index (κ2) is 7.19. The molecule has 0 atom stereocenters. The second-order valence-electron chi connectivity index (χ2n) is 5.38. The van der Waals surface area contributed by atoms with Gasteiger partial charge in [-0.3, -0.25) is 9.69 Å². The molecule has 1 aliphatic carbocycles. The SMILES string of the molecule is COC(=O)CN(Cc1cc(F)cc(C#N)c1)C1CCCC1. The molecule has 0 bridgehead atoms. The van der Waals surface area contributed by atoms with Gasteiger partial charge in [-0.05, 0) is 36.6 Å². The van der Waals surface area contributed by atoms with Crippen molar-refractivity contribution < 1.29 is 13.9 Å². The summed E-state index contributed by atoms with van der Waals surface area (Å²) in [4.78, 5) is 13.6. The van der Waals surface area contributed by atoms with Gasteiger partial charge in [0.25, 0.3) is 0 Å². The highest BCUT2D eigenvalue weighted by Gasteiger charge is 2.25. The maximum Gasteiger partial charge on any atom is 0.319 e. The molecular formula is C16H19FN2O2. The van der Waals surface area contributed by atoms with Crippen LogP contribution in [0.5, 0.6) is 0 Å². The van der Waals surface area contributed by atoms with Crippen LogP contribution in [0.15, 0.2) is 18.2 Å². The van der Waals surface area contributed by atoms with E-state index >= 15 is 0 Å². The second-order valence-corrected chi connectivity index (χ2v) is 5.38. The number of ether oxygens (including phenoxy) is 1. The highest BCUT2D eigenvalue weighted by molar-refractivity contribution is 5.71. The first-order valence-electron chi connectivity index (χ1n) is 7.13. The number of nitriles is 1. The highest BCUT2D eigenvalue weighted by atomic mass is 19.1. The molecular weight excluding hydrogens is 271 g/mol. The molecule has 1 aromatic rings. The molecule has 0 radical (unpaired) electrons. The van der Waals surface area contributed by atoms with Crippen molar-refractivity contribution in [2.75, 3.05) is 13.7 Å². The van der Waals surface area contributed by atoms with E-state index in [4.69, 9.17) is 10.00 Å². The van der Waals surface area contributed by atoms with Gasteiger partial charge in [0.05, 0.1) is 25.3 Å². The van der Waals surface area contributed by atoms with Crippen molar-refractivity contribution in [3.8, 4) is 6.07 Å². The Morgan fingerprint density at radius 2 is 2.14 bits per heavy atom. The summed E-state index contributed by atoms with van der Waals surface area (Å²) in [5.74, 6) is -0.715. The lowest BCUT2D eigenvalue weighted by atomic mass is 10.1. The Kier molecular flexibility index (Phi) is 5.29. The number of hydrogen-bond donors (Lipinski definition) is 0. The lowest BCUT2D eigenvalue weighted by Gasteiger charge is -2.27. The van der Waals surface area contributed by atoms with Gasteiger partial charge in [-0.25, -0.2) is 4.39 Å². The van der Waals surface area contributed by atoms with Crippen LogP contribution in [0.2, 0.25) is 0 Å². The average Bonchev–Trinajstić information content (AvgIpc) is 2.99. The summed E-state index contributed by atoms with van der Waals surface area (Å²) < 4.78 is 18.2. The lowest BCUT2D eigenvalue weighted by molar-refractivity contribution is -0.142. The molecule has 0 heterocycles. The van der Waals surface area contributed by atoms with Gasteiger partial charge in [0.2, 0.25) is 0 Å². The van der Waals surface area contributed by atoms with Crippen molar-refractivity contribution in [1.82, 2.24) is 4.90 Å². The van der Waals surface area contributed by atoms with Crippen LogP contribution in [0.25, 0.3) is 0 Å². The van der Waals surface area contributed by atoms with Crippen LogP contribution in [-0.2, 0) is 16.1 Å². The van der Waals surface area contributed by atoms with Crippen LogP contribution in [0.3, 0.4) is 0 Å². The molecule has 0 amide bonds. The predicted octanol–water partition coefficient (Wildman–Crippen LogP) is 2.61. The van der Waals surface area contributed by atoms with Crippen molar-refractivity contribution in [2.45, 2.75) is 38.3 Å². The summed E-state index contributed by atoms with van der Waals surface area (Å²) in [6, 6.07) is 6.57. The Morgan fingerprint density at radius 3 is 2.76 bits per heavy atom. The van der Waals surface area contributed by atoms with Gasteiger partial charge >= 0.3 is 5.97 Å². The maximum atomic E-state index is 13.5. The third-order valence-electron chi connectivity index (χ3n) is 3.87. The van der Waals surface area contributed by atoms with E-state index in [1.165, 1.54) is 19.2 Å². The van der Waals surface area contributed by atoms with E-state index in [1.807, 2.05) is 11.0 Å². The summed E-state index contributed by atoms with van der Waals surface area (Å²) in [5.41, 5.74) is 1.01. The molecule has 1 aromatic carbocycles. The molecule has 1 saturated carbocycles. The van der Waals surface area contributed by atoms with Gasteiger partial charge in [0.1, 0.15) is 5.82 Å². The molecule has 0 spiro atoms. The first-order chi connectivity index (χ1) is 10.1. The van der Waals surface area contributed by atoms with Crippen LogP contribution in [0.4, 0.5) is 4.39 Å². The summed E-state index contributed by atoms with van der Waals surface area (Å²) in [6.07, 6.45) is 4.37. The Labute approximate surface area is 124 Å². The van der Waals surface area contributed by atoms with Crippen molar-refractivity contribution in [2.24, 2.45) is 0 Å². The summed E-state index contributed by atoms with van der Waals surface area (Å²) >= 11 is 0. The normalized spacial score (nSPS) is 15.1. The minimum Gasteiger partial charge on any atom is -0.468 e. The van der Waals surface area contributed by atoms with Crippen LogP contribution >= 0.6 is 0 Å². The van der Waals surface area contributed by atoms with E-state index in [0.29, 0.717) is 23.7 Å². The average molecular weight is 290 g/mol. The van der Waals surface area contributed by atoms with Crippen molar-refractivity contribution in [3.05, 3.63) is 35.1 Å². The monoisotopic (exact) mass is 290 g/mol. The van der Waals surface area contributed by atoms with E-state index in [0.717, 1.165) is 25.7 Å². The zero-order valence-corrected chi connectivity index (χ0v) is 12.1. The Bertz CT molecular complexity index is 548. The molecule has 0 unspecified atom stereocenters. The van der Waals surface area contributed by atoms with Crippen LogP contribution in [0, 0.1) is 17.1 Å². The molecule has 2 rings (SSSR count). The molecule has 0 aliphatic heterocycles. The number of methoxy groups -OCH3 is 1. The molecule has 0 N–H and O–H groups in total. The summed E-state index contributed by atoms with van der Waals surface area (Å²) in [6.45, 7) is 0.645. The van der Waals surface area contributed by atoms with Gasteiger partial charge in [-0.2, -0.15) is 5.26 Å².